The van der Waals surface area contributed by atoms with Gasteiger partial charge in [0.1, 0.15) is 18.3 Å². The second-order valence-corrected chi connectivity index (χ2v) is 4.92. The topological polar surface area (TPSA) is 99.4 Å². The highest BCUT2D eigenvalue weighted by molar-refractivity contribution is 14.1. The molecule has 1 aliphatic heterocycles. The van der Waals surface area contributed by atoms with E-state index in [2.05, 4.69) is 0 Å². The zero-order valence-corrected chi connectivity index (χ0v) is 9.66. The van der Waals surface area contributed by atoms with Gasteiger partial charge in [0, 0.05) is 7.11 Å². The molecule has 1 rings (SSSR count). The third kappa shape index (κ3) is 2.03. The molecular weight excluding hydrogens is 307 g/mol. The van der Waals surface area contributed by atoms with E-state index in [0.29, 0.717) is 0 Å². The Morgan fingerprint density at radius 3 is 2.36 bits per heavy atom. The van der Waals surface area contributed by atoms with Gasteiger partial charge in [-0.05, 0) is 22.6 Å². The fourth-order valence-electron chi connectivity index (χ4n) is 1.38. The van der Waals surface area contributed by atoms with Crippen LogP contribution in [-0.2, 0) is 9.47 Å². The predicted molar refractivity (Wildman–Crippen MR) is 53.7 cm³/mol. The molecule has 0 amide bonds. The molecule has 0 aromatic carbocycles. The van der Waals surface area contributed by atoms with Crippen LogP contribution in [0, 0.1) is 0 Å². The maximum Gasteiger partial charge on any atom is 0.185 e. The van der Waals surface area contributed by atoms with Crippen molar-refractivity contribution in [2.24, 2.45) is 0 Å². The van der Waals surface area contributed by atoms with Gasteiger partial charge in [0.25, 0.3) is 0 Å². The second-order valence-electron chi connectivity index (χ2n) is 3.09. The number of hydrogen-bond acceptors (Lipinski definition) is 6. The van der Waals surface area contributed by atoms with Crippen LogP contribution in [0.5, 0.6) is 0 Å². The first-order valence-corrected chi connectivity index (χ1v) is 5.08. The smallest absolute Gasteiger partial charge is 0.185 e. The van der Waals surface area contributed by atoms with Crippen LogP contribution in [0.4, 0.5) is 0 Å². The largest absolute Gasteiger partial charge is 0.392 e. The first kappa shape index (κ1) is 12.6. The van der Waals surface area contributed by atoms with Gasteiger partial charge in [-0.1, -0.05) is 0 Å². The minimum Gasteiger partial charge on any atom is -0.392 e. The van der Waals surface area contributed by atoms with E-state index in [1.54, 1.807) is 22.6 Å². The average molecular weight is 320 g/mol. The van der Waals surface area contributed by atoms with Crippen LogP contribution in [-0.4, -0.2) is 62.4 Å². The highest BCUT2D eigenvalue weighted by Crippen LogP contribution is 2.35. The van der Waals surface area contributed by atoms with Crippen molar-refractivity contribution in [1.82, 2.24) is 0 Å². The van der Waals surface area contributed by atoms with E-state index in [1.165, 1.54) is 7.11 Å². The molecule has 14 heavy (non-hydrogen) atoms. The SMILES string of the molecule is COC1C(O)C(O)C(O)OC1(I)CO. The van der Waals surface area contributed by atoms with E-state index in [0.717, 1.165) is 0 Å². The standard InChI is InChI=1S/C7H13IO6/c1-13-5-3(10)4(11)6(12)14-7(5,8)2-9/h3-6,9-12H,2H2,1H3. The second kappa shape index (κ2) is 4.56. The van der Waals surface area contributed by atoms with Crippen LogP contribution in [0.15, 0.2) is 0 Å². The summed E-state index contributed by atoms with van der Waals surface area (Å²) >= 11 is 1.73. The molecule has 0 aromatic rings. The Kier molecular flexibility index (Phi) is 4.09. The molecular formula is C7H13IO6. The van der Waals surface area contributed by atoms with Crippen molar-refractivity contribution >= 4 is 22.6 Å². The van der Waals surface area contributed by atoms with Gasteiger partial charge in [0.05, 0.1) is 6.61 Å². The summed E-state index contributed by atoms with van der Waals surface area (Å²) in [5, 5.41) is 37.1. The number of halogens is 1. The van der Waals surface area contributed by atoms with Gasteiger partial charge in [-0.25, -0.2) is 0 Å². The van der Waals surface area contributed by atoms with Crippen LogP contribution in [0.2, 0.25) is 0 Å². The van der Waals surface area contributed by atoms with Gasteiger partial charge in [0.2, 0.25) is 0 Å². The maximum atomic E-state index is 9.54. The minimum atomic E-state index is -1.53. The maximum absolute atomic E-state index is 9.54. The molecule has 0 radical (unpaired) electrons. The minimum absolute atomic E-state index is 0.438. The van der Waals surface area contributed by atoms with E-state index in [9.17, 15) is 15.3 Å². The summed E-state index contributed by atoms with van der Waals surface area (Å²) in [7, 11) is 1.32. The van der Waals surface area contributed by atoms with Gasteiger partial charge in [-0.3, -0.25) is 0 Å². The Morgan fingerprint density at radius 1 is 1.36 bits per heavy atom. The summed E-state index contributed by atoms with van der Waals surface area (Å²) in [6, 6.07) is 0. The number of aliphatic hydroxyl groups excluding tert-OH is 4. The first-order valence-electron chi connectivity index (χ1n) is 4.01. The number of alkyl halides is 1. The molecule has 7 heteroatoms. The van der Waals surface area contributed by atoms with Gasteiger partial charge < -0.3 is 29.9 Å². The zero-order chi connectivity index (χ0) is 10.9. The third-order valence-corrected chi connectivity index (χ3v) is 3.37. The Balaban J connectivity index is 2.87. The van der Waals surface area contributed by atoms with Crippen molar-refractivity contribution in [3.63, 3.8) is 0 Å². The molecule has 0 aliphatic carbocycles. The molecule has 1 saturated heterocycles. The number of aliphatic hydroxyl groups is 4. The van der Waals surface area contributed by atoms with Crippen molar-refractivity contribution < 1.29 is 29.9 Å². The Morgan fingerprint density at radius 2 is 1.93 bits per heavy atom. The fourth-order valence-corrected chi connectivity index (χ4v) is 2.27. The Labute approximate surface area is 94.6 Å². The molecule has 5 atom stereocenters. The average Bonchev–Trinajstić information content (AvgIpc) is 2.15. The number of rotatable bonds is 2. The van der Waals surface area contributed by atoms with Crippen LogP contribution in [0.25, 0.3) is 0 Å². The lowest BCUT2D eigenvalue weighted by Crippen LogP contribution is -2.63. The molecule has 1 heterocycles. The van der Waals surface area contributed by atoms with Crippen LogP contribution < -0.4 is 0 Å². The summed E-state index contributed by atoms with van der Waals surface area (Å²) in [5.41, 5.74) is 0. The summed E-state index contributed by atoms with van der Waals surface area (Å²) in [4.78, 5) is 0. The Hall–Kier alpha value is 0.490. The summed E-state index contributed by atoms with van der Waals surface area (Å²) in [6.45, 7) is -0.438. The van der Waals surface area contributed by atoms with Crippen molar-refractivity contribution in [2.45, 2.75) is 28.2 Å². The van der Waals surface area contributed by atoms with Gasteiger partial charge in [-0.2, -0.15) is 0 Å². The summed E-state index contributed by atoms with van der Waals surface area (Å²) in [5.74, 6) is 0. The third-order valence-electron chi connectivity index (χ3n) is 2.16. The zero-order valence-electron chi connectivity index (χ0n) is 7.50. The van der Waals surface area contributed by atoms with Crippen LogP contribution in [0.1, 0.15) is 0 Å². The van der Waals surface area contributed by atoms with Crippen molar-refractivity contribution in [1.29, 1.82) is 0 Å². The number of ether oxygens (including phenoxy) is 2. The van der Waals surface area contributed by atoms with Crippen LogP contribution >= 0.6 is 22.6 Å². The molecule has 0 spiro atoms. The van der Waals surface area contributed by atoms with E-state index >= 15 is 0 Å². The lowest BCUT2D eigenvalue weighted by Gasteiger charge is -2.44. The van der Waals surface area contributed by atoms with E-state index in [4.69, 9.17) is 14.6 Å². The molecule has 0 saturated carbocycles. The van der Waals surface area contributed by atoms with Crippen molar-refractivity contribution in [3.05, 3.63) is 0 Å². The molecule has 0 bridgehead atoms. The van der Waals surface area contributed by atoms with Crippen molar-refractivity contribution in [2.75, 3.05) is 13.7 Å². The summed E-state index contributed by atoms with van der Waals surface area (Å²) in [6.07, 6.45) is -5.16. The normalized spacial score (nSPS) is 49.3. The molecule has 1 aliphatic rings. The van der Waals surface area contributed by atoms with Gasteiger partial charge in [0.15, 0.2) is 9.90 Å². The predicted octanol–water partition coefficient (Wildman–Crippen LogP) is -1.80. The highest BCUT2D eigenvalue weighted by atomic mass is 127. The van der Waals surface area contributed by atoms with E-state index < -0.39 is 34.8 Å². The van der Waals surface area contributed by atoms with E-state index in [-0.39, 0.29) is 0 Å². The highest BCUT2D eigenvalue weighted by Gasteiger charge is 2.52. The fraction of sp³-hybridized carbons (Fsp3) is 1.00. The molecule has 84 valence electrons. The molecule has 1 fully saturated rings. The molecule has 5 unspecified atom stereocenters. The van der Waals surface area contributed by atoms with Gasteiger partial charge >= 0.3 is 0 Å². The number of methoxy groups -OCH3 is 1. The lowest BCUT2D eigenvalue weighted by atomic mass is 9.99. The van der Waals surface area contributed by atoms with E-state index in [1.807, 2.05) is 0 Å². The monoisotopic (exact) mass is 320 g/mol. The van der Waals surface area contributed by atoms with Crippen LogP contribution in [0.3, 0.4) is 0 Å². The van der Waals surface area contributed by atoms with Gasteiger partial charge in [-0.15, -0.1) is 0 Å². The molecule has 4 N–H and O–H groups in total. The lowest BCUT2D eigenvalue weighted by molar-refractivity contribution is -0.296. The molecule has 6 nitrogen and oxygen atoms in total. The first-order chi connectivity index (χ1) is 6.46. The summed E-state index contributed by atoms with van der Waals surface area (Å²) < 4.78 is 8.64. The quantitative estimate of drug-likeness (QED) is 0.354. The molecule has 0 aromatic heterocycles. The Bertz CT molecular complexity index is 203. The van der Waals surface area contributed by atoms with Crippen molar-refractivity contribution in [3.8, 4) is 0 Å². The number of hydrogen-bond donors (Lipinski definition) is 4.